The van der Waals surface area contributed by atoms with Crippen molar-refractivity contribution in [3.05, 3.63) is 236 Å². The second-order valence-electron chi connectivity index (χ2n) is 17.2. The molecule has 0 atom stereocenters. The Hall–Kier alpha value is -7.52. The monoisotopic (exact) mass is 821 g/mol. The summed E-state index contributed by atoms with van der Waals surface area (Å²) in [5.41, 5.74) is 18.4. The number of fused-ring (bicyclic) bond motifs is 7. The Kier molecular flexibility index (Phi) is 8.77. The molecule has 11 aromatic rings. The molecule has 0 amide bonds. The van der Waals surface area contributed by atoms with Crippen LogP contribution in [0.4, 0.5) is 17.1 Å². The number of benzene rings is 10. The molecule has 0 fully saturated rings. The third kappa shape index (κ3) is 5.97. The van der Waals surface area contributed by atoms with Crippen molar-refractivity contribution in [2.24, 2.45) is 0 Å². The van der Waals surface area contributed by atoms with Gasteiger partial charge in [-0.1, -0.05) is 202 Å². The lowest BCUT2D eigenvalue weighted by Gasteiger charge is -2.30. The van der Waals surface area contributed by atoms with Crippen molar-refractivity contribution in [3.8, 4) is 55.6 Å². The predicted octanol–water partition coefficient (Wildman–Crippen LogP) is 17.7. The summed E-state index contributed by atoms with van der Waals surface area (Å²) in [6, 6.07) is 82.9. The summed E-state index contributed by atoms with van der Waals surface area (Å²) < 4.78 is 2.60. The summed E-state index contributed by atoms with van der Waals surface area (Å²) in [4.78, 5) is 2.50. The average Bonchev–Trinajstić information content (AvgIpc) is 3.84. The molecule has 1 heterocycles. The fraction of sp³-hybridized carbons (Fsp3) is 0.0492. The van der Waals surface area contributed by atoms with Crippen LogP contribution in [0.3, 0.4) is 0 Å². The number of thiophene rings is 1. The molecule has 10 aromatic carbocycles. The van der Waals surface area contributed by atoms with Gasteiger partial charge in [-0.25, -0.2) is 0 Å². The zero-order chi connectivity index (χ0) is 42.1. The Bertz CT molecular complexity index is 3530. The molecule has 1 nitrogen and oxygen atoms in total. The van der Waals surface area contributed by atoms with Crippen LogP contribution in [0.15, 0.2) is 224 Å². The molecule has 298 valence electrons. The van der Waals surface area contributed by atoms with Crippen LogP contribution in [0.2, 0.25) is 0 Å². The Balaban J connectivity index is 1.10. The van der Waals surface area contributed by atoms with Gasteiger partial charge in [0.1, 0.15) is 0 Å². The maximum absolute atomic E-state index is 2.50. The highest BCUT2D eigenvalue weighted by molar-refractivity contribution is 7.25. The minimum Gasteiger partial charge on any atom is -0.309 e. The van der Waals surface area contributed by atoms with Gasteiger partial charge in [-0.3, -0.25) is 0 Å². The molecular weight excluding hydrogens is 779 g/mol. The molecule has 0 unspecified atom stereocenters. The molecule has 0 saturated carbocycles. The van der Waals surface area contributed by atoms with Crippen molar-refractivity contribution >= 4 is 59.3 Å². The lowest BCUT2D eigenvalue weighted by molar-refractivity contribution is 0.660. The molecule has 1 aliphatic carbocycles. The van der Waals surface area contributed by atoms with Crippen LogP contribution < -0.4 is 4.90 Å². The van der Waals surface area contributed by atoms with Crippen LogP contribution in [0.25, 0.3) is 86.6 Å². The Morgan fingerprint density at radius 3 is 1.60 bits per heavy atom. The fourth-order valence-corrected chi connectivity index (χ4v) is 11.5. The first-order valence-corrected chi connectivity index (χ1v) is 22.7. The summed E-state index contributed by atoms with van der Waals surface area (Å²) in [5, 5.41) is 5.06. The van der Waals surface area contributed by atoms with E-state index in [1.165, 1.54) is 97.7 Å². The van der Waals surface area contributed by atoms with E-state index < -0.39 is 0 Å². The van der Waals surface area contributed by atoms with Crippen LogP contribution in [-0.4, -0.2) is 0 Å². The van der Waals surface area contributed by atoms with E-state index in [-0.39, 0.29) is 5.41 Å². The van der Waals surface area contributed by atoms with Crippen molar-refractivity contribution in [2.45, 2.75) is 19.3 Å². The van der Waals surface area contributed by atoms with Gasteiger partial charge in [0.25, 0.3) is 0 Å². The lowest BCUT2D eigenvalue weighted by Crippen LogP contribution is -2.14. The third-order valence-corrected chi connectivity index (χ3v) is 14.4. The minimum absolute atomic E-state index is 0.0648. The van der Waals surface area contributed by atoms with Crippen molar-refractivity contribution in [1.29, 1.82) is 0 Å². The molecular formula is C61H43NS. The maximum Gasteiger partial charge on any atom is 0.0540 e. The molecule has 0 radical (unpaired) electrons. The second kappa shape index (κ2) is 14.8. The van der Waals surface area contributed by atoms with Crippen molar-refractivity contribution in [1.82, 2.24) is 0 Å². The molecule has 12 rings (SSSR count). The highest BCUT2D eigenvalue weighted by Gasteiger charge is 2.36. The first kappa shape index (κ1) is 37.3. The molecule has 2 heteroatoms. The molecule has 1 aliphatic rings. The van der Waals surface area contributed by atoms with Crippen LogP contribution in [-0.2, 0) is 5.41 Å². The van der Waals surface area contributed by atoms with Gasteiger partial charge in [-0.15, -0.1) is 11.3 Å². The quantitative estimate of drug-likeness (QED) is 0.155. The van der Waals surface area contributed by atoms with E-state index in [4.69, 9.17) is 0 Å². The zero-order valence-corrected chi connectivity index (χ0v) is 36.0. The SMILES string of the molecule is CC1(C)c2ccccc2-c2c(-c3ccc(N(c4ccccc4-c4cccc5cccc(-c6ccccc6)c45)c4ccccc4-c4cccc5sc6ccccc6c45)cc3)cccc21. The van der Waals surface area contributed by atoms with Crippen molar-refractivity contribution < 1.29 is 0 Å². The van der Waals surface area contributed by atoms with E-state index >= 15 is 0 Å². The number of nitrogens with zero attached hydrogens (tertiary/aromatic N) is 1. The van der Waals surface area contributed by atoms with Gasteiger partial charge < -0.3 is 4.90 Å². The molecule has 0 aliphatic heterocycles. The van der Waals surface area contributed by atoms with Gasteiger partial charge in [0.05, 0.1) is 11.4 Å². The molecule has 63 heavy (non-hydrogen) atoms. The summed E-state index contributed by atoms with van der Waals surface area (Å²) in [6.07, 6.45) is 0. The maximum atomic E-state index is 2.50. The molecule has 0 bridgehead atoms. The summed E-state index contributed by atoms with van der Waals surface area (Å²) in [7, 11) is 0. The smallest absolute Gasteiger partial charge is 0.0540 e. The molecule has 1 aromatic heterocycles. The molecule has 0 N–H and O–H groups in total. The predicted molar refractivity (Wildman–Crippen MR) is 271 cm³/mol. The lowest BCUT2D eigenvalue weighted by atomic mass is 9.82. The highest BCUT2D eigenvalue weighted by Crippen LogP contribution is 2.53. The van der Waals surface area contributed by atoms with Crippen LogP contribution in [0.5, 0.6) is 0 Å². The normalized spacial score (nSPS) is 12.7. The van der Waals surface area contributed by atoms with E-state index in [1.54, 1.807) is 0 Å². The van der Waals surface area contributed by atoms with E-state index in [2.05, 4.69) is 243 Å². The van der Waals surface area contributed by atoms with Crippen LogP contribution >= 0.6 is 11.3 Å². The van der Waals surface area contributed by atoms with E-state index in [0.717, 1.165) is 17.1 Å². The standard InChI is InChI=1S/C61H43NS/c1-61(2)52-30-10-6-24-50(52)59-45(27-16-31-53(59)61)41-36-38-43(39-37-41)62(55-33-12-8-23-47(55)49-29-17-35-57-60(49)51-25-9-13-34-56(51)63-57)54-32-11-7-22-46(54)48-28-15-21-42-20-14-26-44(58(42)48)40-18-4-3-5-19-40/h3-39H,1-2H3. The van der Waals surface area contributed by atoms with Gasteiger partial charge in [0.2, 0.25) is 0 Å². The van der Waals surface area contributed by atoms with Crippen LogP contribution in [0, 0.1) is 0 Å². The van der Waals surface area contributed by atoms with Gasteiger partial charge in [0, 0.05) is 42.4 Å². The Morgan fingerprint density at radius 1 is 0.349 bits per heavy atom. The zero-order valence-electron chi connectivity index (χ0n) is 35.2. The molecule has 0 saturated heterocycles. The Morgan fingerprint density at radius 2 is 0.857 bits per heavy atom. The van der Waals surface area contributed by atoms with Gasteiger partial charge >= 0.3 is 0 Å². The number of hydrogen-bond acceptors (Lipinski definition) is 2. The van der Waals surface area contributed by atoms with Gasteiger partial charge in [0.15, 0.2) is 0 Å². The number of para-hydroxylation sites is 2. The van der Waals surface area contributed by atoms with Gasteiger partial charge in [-0.05, 0) is 103 Å². The third-order valence-electron chi connectivity index (χ3n) is 13.3. The number of rotatable bonds is 7. The average molecular weight is 822 g/mol. The summed E-state index contributed by atoms with van der Waals surface area (Å²) in [6.45, 7) is 4.71. The van der Waals surface area contributed by atoms with Crippen molar-refractivity contribution in [3.63, 3.8) is 0 Å². The van der Waals surface area contributed by atoms with E-state index in [9.17, 15) is 0 Å². The first-order chi connectivity index (χ1) is 31.0. The topological polar surface area (TPSA) is 3.24 Å². The van der Waals surface area contributed by atoms with Gasteiger partial charge in [-0.2, -0.15) is 0 Å². The number of hydrogen-bond donors (Lipinski definition) is 0. The van der Waals surface area contributed by atoms with E-state index in [0.29, 0.717) is 0 Å². The minimum atomic E-state index is -0.0648. The fourth-order valence-electron chi connectivity index (χ4n) is 10.4. The second-order valence-corrected chi connectivity index (χ2v) is 18.3. The molecule has 0 spiro atoms. The number of anilines is 3. The Labute approximate surface area is 372 Å². The first-order valence-electron chi connectivity index (χ1n) is 21.8. The van der Waals surface area contributed by atoms with Crippen molar-refractivity contribution in [2.75, 3.05) is 4.90 Å². The summed E-state index contributed by atoms with van der Waals surface area (Å²) >= 11 is 1.87. The highest BCUT2D eigenvalue weighted by atomic mass is 32.1. The van der Waals surface area contributed by atoms with Crippen LogP contribution in [0.1, 0.15) is 25.0 Å². The van der Waals surface area contributed by atoms with E-state index in [1.807, 2.05) is 11.3 Å². The largest absolute Gasteiger partial charge is 0.309 e. The summed E-state index contributed by atoms with van der Waals surface area (Å²) in [5.74, 6) is 0.